The monoisotopic (exact) mass is 806 g/mol. The summed E-state index contributed by atoms with van der Waals surface area (Å²) in [7, 11) is -6.87. The molecule has 1 atom stereocenters. The molecule has 0 saturated carbocycles. The van der Waals surface area contributed by atoms with Crippen LogP contribution in [0.2, 0.25) is 0 Å². The molecule has 0 aliphatic heterocycles. The standard InChI is InChI=1S/C17H13BrOS.C16H9BrS.CHF3O3S/c1-20(19)17-15-5-3-2-4-12(15)8-11-16(17)13-6-9-14(18)10-7-13;17-11-6-8-13-14-7-5-10-3-1-2-4-12(10)16(14)18-15(13)9-11;2-1(3,4)8(5,6)7/h2-11H,1H3;1-9H;(H,5,6,7). The highest BCUT2D eigenvalue weighted by Gasteiger charge is 2.44. The fraction of sp³-hybridized carbons (Fsp3) is 0.0588. The third kappa shape index (κ3) is 7.53. The predicted molar refractivity (Wildman–Crippen MR) is 192 cm³/mol. The minimum Gasteiger partial charge on any atom is -0.279 e. The Bertz CT molecular complexity index is 2340. The van der Waals surface area contributed by atoms with Crippen molar-refractivity contribution in [1.29, 1.82) is 0 Å². The van der Waals surface area contributed by atoms with Crippen molar-refractivity contribution in [1.82, 2.24) is 0 Å². The van der Waals surface area contributed by atoms with Gasteiger partial charge in [0.05, 0.1) is 15.7 Å². The smallest absolute Gasteiger partial charge is 0.279 e. The van der Waals surface area contributed by atoms with E-state index >= 15 is 0 Å². The van der Waals surface area contributed by atoms with Crippen molar-refractivity contribution in [2.45, 2.75) is 10.4 Å². The summed E-state index contributed by atoms with van der Waals surface area (Å²) < 4.78 is 74.7. The lowest BCUT2D eigenvalue weighted by Gasteiger charge is -2.11. The van der Waals surface area contributed by atoms with Gasteiger partial charge in [0.15, 0.2) is 0 Å². The normalized spacial score (nSPS) is 12.4. The second-order valence-corrected chi connectivity index (χ2v) is 15.6. The number of fused-ring (bicyclic) bond motifs is 6. The van der Waals surface area contributed by atoms with E-state index in [1.165, 1.54) is 30.9 Å². The Morgan fingerprint density at radius 3 is 1.83 bits per heavy atom. The summed E-state index contributed by atoms with van der Waals surface area (Å²) in [5, 5.41) is 7.57. The van der Waals surface area contributed by atoms with Gasteiger partial charge in [-0.05, 0) is 56.9 Å². The van der Waals surface area contributed by atoms with Crippen LogP contribution in [0.3, 0.4) is 0 Å². The Labute approximate surface area is 286 Å². The number of benzene rings is 6. The van der Waals surface area contributed by atoms with E-state index in [-0.39, 0.29) is 0 Å². The van der Waals surface area contributed by atoms with E-state index in [1.54, 1.807) is 6.26 Å². The molecule has 1 aromatic heterocycles. The molecule has 0 spiro atoms. The van der Waals surface area contributed by atoms with Crippen LogP contribution in [0.25, 0.3) is 52.8 Å². The van der Waals surface area contributed by atoms with Crippen LogP contribution in [0.1, 0.15) is 0 Å². The maximum Gasteiger partial charge on any atom is 0.522 e. The summed E-state index contributed by atoms with van der Waals surface area (Å²) in [6, 6.07) is 39.9. The quantitative estimate of drug-likeness (QED) is 0.139. The molecule has 0 aliphatic rings. The molecule has 1 unspecified atom stereocenters. The van der Waals surface area contributed by atoms with Crippen LogP contribution in [0.15, 0.2) is 129 Å². The van der Waals surface area contributed by atoms with Gasteiger partial charge in [0.2, 0.25) is 0 Å². The molecule has 7 aromatic rings. The molecule has 7 rings (SSSR count). The van der Waals surface area contributed by atoms with Crippen molar-refractivity contribution in [3.63, 3.8) is 0 Å². The second-order valence-electron chi connectivity index (χ2n) is 9.95. The zero-order chi connectivity index (χ0) is 33.2. The molecule has 0 fully saturated rings. The minimum atomic E-state index is -5.84. The van der Waals surface area contributed by atoms with Gasteiger partial charge in [-0.15, -0.1) is 11.3 Å². The first kappa shape index (κ1) is 34.2. The van der Waals surface area contributed by atoms with Crippen LogP contribution in [0, 0.1) is 0 Å². The SMILES string of the molecule is Brc1ccc2c(c1)sc1c3ccccc3ccc21.CS(=O)c1c(-c2ccc(Br)cc2)ccc2ccccc12.O=S(=O)(O)C(F)(F)F. The van der Waals surface area contributed by atoms with Crippen LogP contribution in [0.5, 0.6) is 0 Å². The third-order valence-electron chi connectivity index (χ3n) is 6.94. The van der Waals surface area contributed by atoms with E-state index in [4.69, 9.17) is 13.0 Å². The molecule has 236 valence electrons. The molecule has 0 aliphatic carbocycles. The van der Waals surface area contributed by atoms with Gasteiger partial charge < -0.3 is 0 Å². The molecule has 0 amide bonds. The van der Waals surface area contributed by atoms with Crippen molar-refractivity contribution in [2.24, 2.45) is 0 Å². The Morgan fingerprint density at radius 2 is 1.22 bits per heavy atom. The highest BCUT2D eigenvalue weighted by Crippen LogP contribution is 2.39. The highest BCUT2D eigenvalue weighted by molar-refractivity contribution is 9.10. The van der Waals surface area contributed by atoms with Crippen LogP contribution in [-0.4, -0.2) is 28.9 Å². The number of hydrogen-bond donors (Lipinski definition) is 1. The lowest BCUT2D eigenvalue weighted by atomic mass is 10.0. The molecule has 1 N–H and O–H groups in total. The fourth-order valence-electron chi connectivity index (χ4n) is 4.89. The molecule has 12 heteroatoms. The first-order valence-corrected chi connectivity index (χ1v) is 18.8. The number of alkyl halides is 3. The summed E-state index contributed by atoms with van der Waals surface area (Å²) >= 11 is 8.87. The summed E-state index contributed by atoms with van der Waals surface area (Å²) in [5.74, 6) is 0. The van der Waals surface area contributed by atoms with Crippen LogP contribution < -0.4 is 0 Å². The third-order valence-corrected chi connectivity index (χ3v) is 10.8. The molecule has 4 nitrogen and oxygen atoms in total. The van der Waals surface area contributed by atoms with Crippen molar-refractivity contribution < 1.29 is 30.4 Å². The largest absolute Gasteiger partial charge is 0.522 e. The Balaban J connectivity index is 0.000000148. The van der Waals surface area contributed by atoms with Crippen LogP contribution >= 0.6 is 43.2 Å². The molecule has 0 bridgehead atoms. The van der Waals surface area contributed by atoms with Crippen molar-refractivity contribution >= 4 is 106 Å². The van der Waals surface area contributed by atoms with Crippen LogP contribution in [0.4, 0.5) is 13.2 Å². The maximum absolute atomic E-state index is 12.2. The number of hydrogen-bond acceptors (Lipinski definition) is 4. The zero-order valence-corrected chi connectivity index (χ0v) is 29.4. The molecule has 0 radical (unpaired) electrons. The Morgan fingerprint density at radius 1 is 0.696 bits per heavy atom. The van der Waals surface area contributed by atoms with Crippen LogP contribution in [-0.2, 0) is 20.9 Å². The topological polar surface area (TPSA) is 71.4 Å². The van der Waals surface area contributed by atoms with Gasteiger partial charge in [-0.2, -0.15) is 21.6 Å². The average molecular weight is 809 g/mol. The van der Waals surface area contributed by atoms with E-state index in [1.807, 2.05) is 53.8 Å². The minimum absolute atomic E-state index is 0.908. The number of rotatable bonds is 2. The predicted octanol–water partition coefficient (Wildman–Crippen LogP) is 11.4. The molecule has 6 aromatic carbocycles. The van der Waals surface area contributed by atoms with Gasteiger partial charge in [-0.25, -0.2) is 0 Å². The van der Waals surface area contributed by atoms with Gasteiger partial charge in [-0.1, -0.05) is 123 Å². The van der Waals surface area contributed by atoms with E-state index in [9.17, 15) is 17.4 Å². The van der Waals surface area contributed by atoms with Gasteiger partial charge in [-0.3, -0.25) is 8.76 Å². The zero-order valence-electron chi connectivity index (χ0n) is 23.8. The first-order valence-electron chi connectivity index (χ1n) is 13.4. The first-order chi connectivity index (χ1) is 21.7. The maximum atomic E-state index is 12.2. The second kappa shape index (κ2) is 13.9. The molecular formula is C34H23Br2F3O4S3. The Hall–Kier alpha value is -3.13. The average Bonchev–Trinajstić information content (AvgIpc) is 3.38. The summed E-state index contributed by atoms with van der Waals surface area (Å²) in [6.45, 7) is 0. The number of thiophene rings is 1. The molecule has 46 heavy (non-hydrogen) atoms. The molecule has 0 saturated heterocycles. The van der Waals surface area contributed by atoms with E-state index in [0.717, 1.165) is 35.7 Å². The van der Waals surface area contributed by atoms with E-state index in [2.05, 4.69) is 105 Å². The number of halogens is 5. The van der Waals surface area contributed by atoms with Crippen molar-refractivity contribution in [3.05, 3.63) is 124 Å². The van der Waals surface area contributed by atoms with E-state index in [0.29, 0.717) is 0 Å². The summed E-state index contributed by atoms with van der Waals surface area (Å²) in [5.41, 5.74) is -3.41. The van der Waals surface area contributed by atoms with E-state index < -0.39 is 26.4 Å². The van der Waals surface area contributed by atoms with Crippen molar-refractivity contribution in [3.8, 4) is 11.1 Å². The van der Waals surface area contributed by atoms with Gasteiger partial charge in [0, 0.05) is 35.4 Å². The lowest BCUT2D eigenvalue weighted by molar-refractivity contribution is -0.0510. The summed E-state index contributed by atoms with van der Waals surface area (Å²) in [6.07, 6.45) is 1.74. The van der Waals surface area contributed by atoms with Gasteiger partial charge >= 0.3 is 15.6 Å². The molecular weight excluding hydrogens is 785 g/mol. The molecule has 1 heterocycles. The van der Waals surface area contributed by atoms with Gasteiger partial charge in [0.1, 0.15) is 0 Å². The highest BCUT2D eigenvalue weighted by atomic mass is 79.9. The lowest BCUT2D eigenvalue weighted by Crippen LogP contribution is -2.21. The fourth-order valence-corrected chi connectivity index (χ4v) is 7.93. The van der Waals surface area contributed by atoms with Crippen molar-refractivity contribution in [2.75, 3.05) is 6.26 Å². The summed E-state index contributed by atoms with van der Waals surface area (Å²) in [4.78, 5) is 0.908. The van der Waals surface area contributed by atoms with Gasteiger partial charge in [0.25, 0.3) is 0 Å². The Kier molecular flexibility index (Phi) is 10.4.